The van der Waals surface area contributed by atoms with Crippen molar-refractivity contribution in [1.29, 1.82) is 0 Å². The van der Waals surface area contributed by atoms with E-state index in [4.69, 9.17) is 9.47 Å². The molecule has 3 rings (SSSR count). The average molecular weight is 352 g/mol. The molecule has 0 aromatic heterocycles. The van der Waals surface area contributed by atoms with Crippen LogP contribution in [-0.4, -0.2) is 19.8 Å². The number of anilines is 1. The monoisotopic (exact) mass is 351 g/mol. The van der Waals surface area contributed by atoms with E-state index >= 15 is 0 Å². The summed E-state index contributed by atoms with van der Waals surface area (Å²) in [6.07, 6.45) is 4.85. The van der Waals surface area contributed by atoms with Crippen LogP contribution in [-0.2, 0) is 0 Å². The minimum Gasteiger partial charge on any atom is -0.486 e. The van der Waals surface area contributed by atoms with Crippen molar-refractivity contribution in [3.63, 3.8) is 0 Å². The minimum atomic E-state index is 0.623. The SMILES string of the molecule is CC1=CC(C)CC(CNc2cc3c(cc2Br)OCCO3)C1. The van der Waals surface area contributed by atoms with E-state index in [2.05, 4.69) is 41.2 Å². The van der Waals surface area contributed by atoms with Crippen LogP contribution in [0.4, 0.5) is 5.69 Å². The molecule has 0 saturated heterocycles. The fourth-order valence-electron chi connectivity index (χ4n) is 3.30. The van der Waals surface area contributed by atoms with Gasteiger partial charge >= 0.3 is 0 Å². The van der Waals surface area contributed by atoms with Crippen LogP contribution in [0.3, 0.4) is 0 Å². The Balaban J connectivity index is 1.67. The molecule has 21 heavy (non-hydrogen) atoms. The molecule has 0 fully saturated rings. The molecular weight excluding hydrogens is 330 g/mol. The molecule has 3 nitrogen and oxygen atoms in total. The number of hydrogen-bond donors (Lipinski definition) is 1. The molecule has 0 bridgehead atoms. The van der Waals surface area contributed by atoms with Gasteiger partial charge in [0.15, 0.2) is 11.5 Å². The third kappa shape index (κ3) is 3.54. The van der Waals surface area contributed by atoms with Crippen molar-refractivity contribution in [1.82, 2.24) is 0 Å². The summed E-state index contributed by atoms with van der Waals surface area (Å²) in [6.45, 7) is 6.78. The Morgan fingerprint density at radius 3 is 2.67 bits per heavy atom. The van der Waals surface area contributed by atoms with Crippen LogP contribution in [0.2, 0.25) is 0 Å². The first-order chi connectivity index (χ1) is 10.1. The molecule has 0 saturated carbocycles. The van der Waals surface area contributed by atoms with Gasteiger partial charge in [0.25, 0.3) is 0 Å². The summed E-state index contributed by atoms with van der Waals surface area (Å²) < 4.78 is 12.3. The lowest BCUT2D eigenvalue weighted by Crippen LogP contribution is -2.20. The van der Waals surface area contributed by atoms with E-state index < -0.39 is 0 Å². The van der Waals surface area contributed by atoms with E-state index in [-0.39, 0.29) is 0 Å². The van der Waals surface area contributed by atoms with Crippen molar-refractivity contribution in [2.45, 2.75) is 26.7 Å². The van der Waals surface area contributed by atoms with Crippen molar-refractivity contribution >= 4 is 21.6 Å². The number of hydrogen-bond acceptors (Lipinski definition) is 3. The zero-order valence-corrected chi connectivity index (χ0v) is 14.2. The Bertz CT molecular complexity index is 556. The van der Waals surface area contributed by atoms with E-state index in [0.29, 0.717) is 25.0 Å². The first kappa shape index (κ1) is 14.8. The predicted molar refractivity (Wildman–Crippen MR) is 89.3 cm³/mol. The van der Waals surface area contributed by atoms with Gasteiger partial charge in [0.1, 0.15) is 13.2 Å². The standard InChI is InChI=1S/C17H22BrNO2/c1-11-5-12(2)7-13(6-11)10-19-15-9-17-16(8-14(15)18)20-3-4-21-17/h5,8-9,11,13,19H,3-4,6-7,10H2,1-2H3. The maximum absolute atomic E-state index is 5.65. The maximum Gasteiger partial charge on any atom is 0.163 e. The normalized spacial score (nSPS) is 24.4. The van der Waals surface area contributed by atoms with Gasteiger partial charge in [0.2, 0.25) is 0 Å². The Morgan fingerprint density at radius 2 is 1.95 bits per heavy atom. The zero-order chi connectivity index (χ0) is 14.8. The summed E-state index contributed by atoms with van der Waals surface area (Å²) in [4.78, 5) is 0. The molecule has 1 heterocycles. The Hall–Kier alpha value is -1.16. The Labute approximate surface area is 134 Å². The number of ether oxygens (including phenoxy) is 2. The summed E-state index contributed by atoms with van der Waals surface area (Å²) in [7, 11) is 0. The van der Waals surface area contributed by atoms with Crippen molar-refractivity contribution < 1.29 is 9.47 Å². The van der Waals surface area contributed by atoms with Gasteiger partial charge in [-0.15, -0.1) is 0 Å². The molecule has 2 unspecified atom stereocenters. The van der Waals surface area contributed by atoms with Crippen LogP contribution in [0.1, 0.15) is 26.7 Å². The number of rotatable bonds is 3. The Morgan fingerprint density at radius 1 is 1.24 bits per heavy atom. The molecule has 1 aliphatic heterocycles. The van der Waals surface area contributed by atoms with Crippen LogP contribution < -0.4 is 14.8 Å². The molecule has 1 aromatic rings. The van der Waals surface area contributed by atoms with Crippen LogP contribution in [0, 0.1) is 11.8 Å². The fraction of sp³-hybridized carbons (Fsp3) is 0.529. The zero-order valence-electron chi connectivity index (χ0n) is 12.6. The summed E-state index contributed by atoms with van der Waals surface area (Å²) >= 11 is 3.61. The van der Waals surface area contributed by atoms with E-state index in [0.717, 1.165) is 28.2 Å². The van der Waals surface area contributed by atoms with Gasteiger partial charge in [-0.3, -0.25) is 0 Å². The number of halogens is 1. The first-order valence-corrected chi connectivity index (χ1v) is 8.41. The fourth-order valence-corrected chi connectivity index (χ4v) is 3.76. The van der Waals surface area contributed by atoms with Crippen LogP contribution in [0.25, 0.3) is 0 Å². The summed E-state index contributed by atoms with van der Waals surface area (Å²) in [5, 5.41) is 3.56. The van der Waals surface area contributed by atoms with Gasteiger partial charge in [-0.2, -0.15) is 0 Å². The van der Waals surface area contributed by atoms with Crippen molar-refractivity contribution in [2.24, 2.45) is 11.8 Å². The van der Waals surface area contributed by atoms with Gasteiger partial charge in [0, 0.05) is 23.2 Å². The molecule has 1 aromatic carbocycles. The molecule has 0 spiro atoms. The molecular formula is C17H22BrNO2. The molecule has 1 N–H and O–H groups in total. The molecule has 0 radical (unpaired) electrons. The number of benzene rings is 1. The summed E-state index contributed by atoms with van der Waals surface area (Å²) in [5.74, 6) is 3.04. The van der Waals surface area contributed by atoms with Gasteiger partial charge in [0.05, 0.1) is 5.69 Å². The average Bonchev–Trinajstić information content (AvgIpc) is 2.44. The minimum absolute atomic E-state index is 0.623. The second-order valence-corrected chi connectivity index (χ2v) is 7.01. The topological polar surface area (TPSA) is 30.5 Å². The second-order valence-electron chi connectivity index (χ2n) is 6.15. The number of nitrogens with one attached hydrogen (secondary N) is 1. The van der Waals surface area contributed by atoms with Crippen LogP contribution in [0.15, 0.2) is 28.3 Å². The lowest BCUT2D eigenvalue weighted by Gasteiger charge is -2.26. The molecule has 2 atom stereocenters. The van der Waals surface area contributed by atoms with E-state index in [1.807, 2.05) is 12.1 Å². The Kier molecular flexibility index (Phi) is 4.43. The molecule has 2 aliphatic rings. The van der Waals surface area contributed by atoms with Gasteiger partial charge in [-0.1, -0.05) is 18.6 Å². The van der Waals surface area contributed by atoms with Crippen molar-refractivity contribution in [3.05, 3.63) is 28.3 Å². The van der Waals surface area contributed by atoms with Crippen LogP contribution >= 0.6 is 15.9 Å². The van der Waals surface area contributed by atoms with Crippen molar-refractivity contribution in [2.75, 3.05) is 25.1 Å². The smallest absolute Gasteiger partial charge is 0.163 e. The first-order valence-electron chi connectivity index (χ1n) is 7.62. The maximum atomic E-state index is 5.65. The highest BCUT2D eigenvalue weighted by Gasteiger charge is 2.19. The highest BCUT2D eigenvalue weighted by atomic mass is 79.9. The van der Waals surface area contributed by atoms with Crippen molar-refractivity contribution in [3.8, 4) is 11.5 Å². The van der Waals surface area contributed by atoms with Crippen LogP contribution in [0.5, 0.6) is 11.5 Å². The lowest BCUT2D eigenvalue weighted by molar-refractivity contribution is 0.171. The number of fused-ring (bicyclic) bond motifs is 1. The third-order valence-electron chi connectivity index (χ3n) is 4.10. The molecule has 0 amide bonds. The van der Waals surface area contributed by atoms with E-state index in [1.165, 1.54) is 18.4 Å². The second kappa shape index (κ2) is 6.30. The summed E-state index contributed by atoms with van der Waals surface area (Å²) in [6, 6.07) is 4.03. The third-order valence-corrected chi connectivity index (χ3v) is 4.75. The highest BCUT2D eigenvalue weighted by molar-refractivity contribution is 9.10. The van der Waals surface area contributed by atoms with Gasteiger partial charge in [-0.05, 0) is 47.5 Å². The summed E-state index contributed by atoms with van der Waals surface area (Å²) in [5.41, 5.74) is 2.60. The van der Waals surface area contributed by atoms with E-state index in [9.17, 15) is 0 Å². The molecule has 114 valence electrons. The lowest BCUT2D eigenvalue weighted by atomic mass is 9.84. The van der Waals surface area contributed by atoms with E-state index in [1.54, 1.807) is 0 Å². The van der Waals surface area contributed by atoms with Gasteiger partial charge < -0.3 is 14.8 Å². The molecule has 4 heteroatoms. The quantitative estimate of drug-likeness (QED) is 0.805. The number of allylic oxidation sites excluding steroid dienone is 2. The predicted octanol–water partition coefficient (Wildman–Crippen LogP) is 4.62. The highest BCUT2D eigenvalue weighted by Crippen LogP contribution is 2.38. The molecule has 1 aliphatic carbocycles. The largest absolute Gasteiger partial charge is 0.486 e. The van der Waals surface area contributed by atoms with Gasteiger partial charge in [-0.25, -0.2) is 0 Å².